The van der Waals surface area contributed by atoms with E-state index in [-0.39, 0.29) is 18.8 Å². The molecule has 0 aliphatic heterocycles. The molecule has 5 unspecified atom stereocenters. The molecule has 4 amide bonds. The zero-order valence-corrected chi connectivity index (χ0v) is 17.7. The lowest BCUT2D eigenvalue weighted by molar-refractivity contribution is -0.145. The number of aliphatic hydroxyl groups excluding tert-OH is 1. The number of primary amides is 1. The molecule has 12 heteroatoms. The van der Waals surface area contributed by atoms with E-state index >= 15 is 0 Å². The normalized spacial score (nSPS) is 16.0. The molecule has 0 spiro atoms. The molecule has 0 aliphatic rings. The van der Waals surface area contributed by atoms with Crippen LogP contribution in [0.5, 0.6) is 0 Å². The van der Waals surface area contributed by atoms with Crippen LogP contribution in [0.25, 0.3) is 0 Å². The van der Waals surface area contributed by atoms with Crippen LogP contribution in [0.3, 0.4) is 0 Å². The van der Waals surface area contributed by atoms with Gasteiger partial charge in [0, 0.05) is 6.42 Å². The summed E-state index contributed by atoms with van der Waals surface area (Å²) in [5, 5.41) is 25.3. The molecule has 30 heavy (non-hydrogen) atoms. The van der Waals surface area contributed by atoms with Crippen LogP contribution in [0.15, 0.2) is 0 Å². The minimum absolute atomic E-state index is 0.110. The van der Waals surface area contributed by atoms with Crippen LogP contribution in [0.2, 0.25) is 0 Å². The van der Waals surface area contributed by atoms with Gasteiger partial charge in [0.15, 0.2) is 6.04 Å². The van der Waals surface area contributed by atoms with Crippen LogP contribution in [-0.4, -0.2) is 70.1 Å². The highest BCUT2D eigenvalue weighted by molar-refractivity contribution is 5.94. The van der Waals surface area contributed by atoms with Crippen molar-refractivity contribution in [3.63, 3.8) is 0 Å². The average molecular weight is 431 g/mol. The molecule has 12 nitrogen and oxygen atoms in total. The van der Waals surface area contributed by atoms with E-state index in [0.29, 0.717) is 6.42 Å². The van der Waals surface area contributed by atoms with Crippen LogP contribution in [-0.2, 0) is 24.0 Å². The van der Waals surface area contributed by atoms with E-state index < -0.39 is 59.9 Å². The smallest absolute Gasteiger partial charge is 0.328 e. The van der Waals surface area contributed by atoms with E-state index in [1.54, 1.807) is 0 Å². The second-order valence-corrected chi connectivity index (χ2v) is 7.60. The standard InChI is InChI=1S/C18H33N5O7/c1-8(2)7-11(19)16(27)22-12(5-6-13(20)25)17(28)21-9(3)15(26)23-14(10(4)24)18(29)30/h8-12,14,24H,5-7,19H2,1-4H3,(H2,20,25)(H,21,28)(H,22,27)(H,23,26)(H,29,30). The largest absolute Gasteiger partial charge is 0.480 e. The van der Waals surface area contributed by atoms with E-state index in [1.165, 1.54) is 13.8 Å². The third-order valence-electron chi connectivity index (χ3n) is 4.17. The molecule has 0 saturated carbocycles. The Kier molecular flexibility index (Phi) is 11.6. The summed E-state index contributed by atoms with van der Waals surface area (Å²) in [6.07, 6.45) is -1.29. The number of carboxylic acids is 1. The Morgan fingerprint density at radius 3 is 1.90 bits per heavy atom. The number of nitrogens with one attached hydrogen (secondary N) is 3. The van der Waals surface area contributed by atoms with Gasteiger partial charge in [0.25, 0.3) is 0 Å². The minimum Gasteiger partial charge on any atom is -0.480 e. The van der Waals surface area contributed by atoms with Crippen LogP contribution in [0.4, 0.5) is 0 Å². The number of amides is 4. The van der Waals surface area contributed by atoms with Crippen molar-refractivity contribution in [3.05, 3.63) is 0 Å². The van der Waals surface area contributed by atoms with Crippen LogP contribution in [0, 0.1) is 5.92 Å². The van der Waals surface area contributed by atoms with Crippen molar-refractivity contribution in [1.82, 2.24) is 16.0 Å². The van der Waals surface area contributed by atoms with Crippen LogP contribution in [0.1, 0.15) is 47.0 Å². The first kappa shape index (κ1) is 27.3. The number of hydrogen-bond acceptors (Lipinski definition) is 7. The SMILES string of the molecule is CC(C)CC(N)C(=O)NC(CCC(N)=O)C(=O)NC(C)C(=O)NC(C(=O)O)C(C)O. The maximum absolute atomic E-state index is 12.5. The van der Waals surface area contributed by atoms with Gasteiger partial charge in [0.1, 0.15) is 12.1 Å². The first-order chi connectivity index (χ1) is 13.8. The van der Waals surface area contributed by atoms with Crippen molar-refractivity contribution < 1.29 is 34.2 Å². The van der Waals surface area contributed by atoms with Crippen molar-refractivity contribution in [2.75, 3.05) is 0 Å². The molecular weight excluding hydrogens is 398 g/mol. The number of carboxylic acid groups (broad SMARTS) is 1. The Balaban J connectivity index is 5.13. The third kappa shape index (κ3) is 10.2. The molecule has 9 N–H and O–H groups in total. The molecule has 0 fully saturated rings. The van der Waals surface area contributed by atoms with Crippen molar-refractivity contribution in [1.29, 1.82) is 0 Å². The molecule has 0 bridgehead atoms. The lowest BCUT2D eigenvalue weighted by atomic mass is 10.0. The van der Waals surface area contributed by atoms with Crippen molar-refractivity contribution in [3.8, 4) is 0 Å². The Bertz CT molecular complexity index is 638. The quantitative estimate of drug-likeness (QED) is 0.166. The predicted octanol–water partition coefficient (Wildman–Crippen LogP) is -2.43. The van der Waals surface area contributed by atoms with E-state index in [1.807, 2.05) is 13.8 Å². The van der Waals surface area contributed by atoms with Crippen LogP contribution < -0.4 is 27.4 Å². The number of aliphatic hydroxyl groups is 1. The maximum atomic E-state index is 12.5. The summed E-state index contributed by atoms with van der Waals surface area (Å²) in [7, 11) is 0. The van der Waals surface area contributed by atoms with Gasteiger partial charge < -0.3 is 37.6 Å². The molecule has 0 aromatic carbocycles. The Hall–Kier alpha value is -2.73. The van der Waals surface area contributed by atoms with Crippen molar-refractivity contribution in [2.45, 2.75) is 77.2 Å². The van der Waals surface area contributed by atoms with E-state index in [9.17, 15) is 29.1 Å². The summed E-state index contributed by atoms with van der Waals surface area (Å²) in [6.45, 7) is 6.24. The second-order valence-electron chi connectivity index (χ2n) is 7.60. The van der Waals surface area contributed by atoms with Gasteiger partial charge in [0.2, 0.25) is 23.6 Å². The fourth-order valence-corrected chi connectivity index (χ4v) is 2.50. The van der Waals surface area contributed by atoms with Crippen molar-refractivity contribution >= 4 is 29.6 Å². The summed E-state index contributed by atoms with van der Waals surface area (Å²) < 4.78 is 0. The van der Waals surface area contributed by atoms with Gasteiger partial charge in [-0.1, -0.05) is 13.8 Å². The summed E-state index contributed by atoms with van der Waals surface area (Å²) in [5.41, 5.74) is 10.9. The highest BCUT2D eigenvalue weighted by Crippen LogP contribution is 2.05. The number of carbonyl (C=O) groups excluding carboxylic acids is 4. The highest BCUT2D eigenvalue weighted by atomic mass is 16.4. The van der Waals surface area contributed by atoms with Gasteiger partial charge in [-0.15, -0.1) is 0 Å². The second kappa shape index (κ2) is 12.8. The van der Waals surface area contributed by atoms with Crippen LogP contribution >= 0.6 is 0 Å². The maximum Gasteiger partial charge on any atom is 0.328 e. The molecule has 0 radical (unpaired) electrons. The number of hydrogen-bond donors (Lipinski definition) is 7. The predicted molar refractivity (Wildman–Crippen MR) is 107 cm³/mol. The molecule has 5 atom stereocenters. The minimum atomic E-state index is -1.56. The lowest BCUT2D eigenvalue weighted by Crippen LogP contribution is -2.57. The molecule has 172 valence electrons. The summed E-state index contributed by atoms with van der Waals surface area (Å²) >= 11 is 0. The van der Waals surface area contributed by atoms with E-state index in [2.05, 4.69) is 16.0 Å². The number of carbonyl (C=O) groups is 5. The molecule has 0 saturated heterocycles. The first-order valence-corrected chi connectivity index (χ1v) is 9.62. The Morgan fingerprint density at radius 2 is 1.47 bits per heavy atom. The lowest BCUT2D eigenvalue weighted by Gasteiger charge is -2.24. The molecule has 0 aliphatic carbocycles. The Labute approximate surface area is 175 Å². The van der Waals surface area contributed by atoms with Gasteiger partial charge in [-0.3, -0.25) is 19.2 Å². The molecule has 0 heterocycles. The summed E-state index contributed by atoms with van der Waals surface area (Å²) in [4.78, 5) is 59.1. The molecular formula is C18H33N5O7. The van der Waals surface area contributed by atoms with Gasteiger partial charge in [-0.25, -0.2) is 4.79 Å². The van der Waals surface area contributed by atoms with Gasteiger partial charge >= 0.3 is 5.97 Å². The number of rotatable bonds is 13. The average Bonchev–Trinajstić information content (AvgIpc) is 2.60. The molecule has 0 aromatic heterocycles. The number of nitrogens with two attached hydrogens (primary N) is 2. The van der Waals surface area contributed by atoms with E-state index in [0.717, 1.165) is 0 Å². The fourth-order valence-electron chi connectivity index (χ4n) is 2.50. The zero-order chi connectivity index (χ0) is 23.6. The fraction of sp³-hybridized carbons (Fsp3) is 0.722. The van der Waals surface area contributed by atoms with Crippen molar-refractivity contribution in [2.24, 2.45) is 17.4 Å². The highest BCUT2D eigenvalue weighted by Gasteiger charge is 2.30. The summed E-state index contributed by atoms with van der Waals surface area (Å²) in [5.74, 6) is -4.20. The monoisotopic (exact) mass is 431 g/mol. The third-order valence-corrected chi connectivity index (χ3v) is 4.17. The molecule has 0 aromatic rings. The first-order valence-electron chi connectivity index (χ1n) is 9.62. The topological polar surface area (TPSA) is 214 Å². The summed E-state index contributed by atoms with van der Waals surface area (Å²) in [6, 6.07) is -4.78. The van der Waals surface area contributed by atoms with E-state index in [4.69, 9.17) is 16.6 Å². The zero-order valence-electron chi connectivity index (χ0n) is 17.7. The Morgan fingerprint density at radius 1 is 0.900 bits per heavy atom. The molecule has 0 rings (SSSR count). The van der Waals surface area contributed by atoms with Gasteiger partial charge in [0.05, 0.1) is 12.1 Å². The van der Waals surface area contributed by atoms with Gasteiger partial charge in [-0.2, -0.15) is 0 Å². The number of aliphatic carboxylic acids is 1. The van der Waals surface area contributed by atoms with Gasteiger partial charge in [-0.05, 0) is 32.6 Å².